The third kappa shape index (κ3) is 18.5. The Morgan fingerprint density at radius 2 is 1.15 bits per heavy atom. The average Bonchev–Trinajstić information content (AvgIpc) is 2.59. The van der Waals surface area contributed by atoms with Gasteiger partial charge in [-0.3, -0.25) is 4.79 Å². The fraction of sp³-hybridized carbons (Fsp3) is 0.900. The van der Waals surface area contributed by atoms with Crippen LogP contribution in [-0.2, 0) is 19.1 Å². The van der Waals surface area contributed by atoms with E-state index in [0.717, 1.165) is 38.5 Å². The second-order valence-corrected chi connectivity index (χ2v) is 6.64. The molecule has 0 saturated heterocycles. The standard InChI is InChI=1S/C20H38O5.Sn.2H/c1-3-5-7-9-11-13-15-24-19(22)17-18(21)20(23)25-16-14-12-10-8-6-4-2;;;/h18,21H,3-17H2,1-2H3;;;. The fourth-order valence-electron chi connectivity index (χ4n) is 2.52. The van der Waals surface area contributed by atoms with Crippen molar-refractivity contribution in [3.05, 3.63) is 0 Å². The second kappa shape index (κ2) is 21.0. The number of carbonyl (C=O) groups excluding carboxylic acids is 2. The van der Waals surface area contributed by atoms with E-state index in [4.69, 9.17) is 9.47 Å². The Balaban J connectivity index is 0. The Morgan fingerprint density at radius 3 is 1.65 bits per heavy atom. The van der Waals surface area contributed by atoms with E-state index in [2.05, 4.69) is 13.8 Å². The molecule has 0 aromatic carbocycles. The summed E-state index contributed by atoms with van der Waals surface area (Å²) in [5.74, 6) is -1.28. The number of aliphatic hydroxyl groups is 1. The fourth-order valence-corrected chi connectivity index (χ4v) is 2.52. The molecule has 0 bridgehead atoms. The van der Waals surface area contributed by atoms with Crippen LogP contribution in [0.2, 0.25) is 0 Å². The van der Waals surface area contributed by atoms with E-state index in [9.17, 15) is 14.7 Å². The third-order valence-electron chi connectivity index (χ3n) is 4.14. The SMILES string of the molecule is CCCCCCCCOC(=O)CC(O)C(=O)OCCCCCCCC.[SnH2]. The van der Waals surface area contributed by atoms with Gasteiger partial charge in [-0.2, -0.15) is 0 Å². The Bertz CT molecular complexity index is 336. The summed E-state index contributed by atoms with van der Waals surface area (Å²) in [4.78, 5) is 23.2. The van der Waals surface area contributed by atoms with Gasteiger partial charge in [-0.1, -0.05) is 78.1 Å². The zero-order valence-corrected chi connectivity index (χ0v) is 21.0. The van der Waals surface area contributed by atoms with Crippen LogP contribution in [0.1, 0.15) is 97.3 Å². The van der Waals surface area contributed by atoms with Gasteiger partial charge in [0.2, 0.25) is 0 Å². The van der Waals surface area contributed by atoms with Crippen molar-refractivity contribution in [2.45, 2.75) is 103 Å². The van der Waals surface area contributed by atoms with Crippen molar-refractivity contribution in [1.82, 2.24) is 0 Å². The van der Waals surface area contributed by atoms with Crippen LogP contribution in [0.4, 0.5) is 0 Å². The number of aliphatic hydroxyl groups excluding tert-OH is 1. The molecule has 0 rings (SSSR count). The van der Waals surface area contributed by atoms with Crippen LogP contribution in [0.25, 0.3) is 0 Å². The molecule has 2 radical (unpaired) electrons. The number of hydrogen-bond acceptors (Lipinski definition) is 5. The Labute approximate surface area is 176 Å². The van der Waals surface area contributed by atoms with Crippen molar-refractivity contribution >= 4 is 35.8 Å². The van der Waals surface area contributed by atoms with Crippen LogP contribution in [0.5, 0.6) is 0 Å². The molecule has 0 amide bonds. The van der Waals surface area contributed by atoms with E-state index in [1.807, 2.05) is 0 Å². The molecule has 0 fully saturated rings. The summed E-state index contributed by atoms with van der Waals surface area (Å²) < 4.78 is 10.0. The molecule has 0 aromatic heterocycles. The molecule has 0 aliphatic carbocycles. The number of rotatable bonds is 17. The zero-order valence-electron chi connectivity index (χ0n) is 17.0. The molecule has 26 heavy (non-hydrogen) atoms. The molecular weight excluding hydrogens is 439 g/mol. The maximum atomic E-state index is 11.6. The van der Waals surface area contributed by atoms with Crippen LogP contribution >= 0.6 is 0 Å². The van der Waals surface area contributed by atoms with Gasteiger partial charge < -0.3 is 14.6 Å². The number of esters is 2. The van der Waals surface area contributed by atoms with Gasteiger partial charge in [0.1, 0.15) is 0 Å². The van der Waals surface area contributed by atoms with Gasteiger partial charge in [0.05, 0.1) is 19.6 Å². The molecule has 0 aromatic rings. The van der Waals surface area contributed by atoms with E-state index in [-0.39, 0.29) is 30.3 Å². The van der Waals surface area contributed by atoms with Crippen molar-refractivity contribution in [2.75, 3.05) is 13.2 Å². The summed E-state index contributed by atoms with van der Waals surface area (Å²) in [6.07, 6.45) is 11.5. The van der Waals surface area contributed by atoms with E-state index in [1.54, 1.807) is 0 Å². The molecule has 1 atom stereocenters. The van der Waals surface area contributed by atoms with Crippen LogP contribution in [0.15, 0.2) is 0 Å². The molecule has 6 heteroatoms. The Kier molecular flexibility index (Phi) is 22.5. The summed E-state index contributed by atoms with van der Waals surface area (Å²) in [6, 6.07) is 0. The van der Waals surface area contributed by atoms with Crippen molar-refractivity contribution < 1.29 is 24.2 Å². The van der Waals surface area contributed by atoms with Gasteiger partial charge >= 0.3 is 35.8 Å². The quantitative estimate of drug-likeness (QED) is 0.196. The van der Waals surface area contributed by atoms with Gasteiger partial charge in [-0.15, -0.1) is 0 Å². The average molecular weight is 479 g/mol. The molecule has 1 unspecified atom stereocenters. The van der Waals surface area contributed by atoms with Crippen molar-refractivity contribution in [1.29, 1.82) is 0 Å². The van der Waals surface area contributed by atoms with Crippen LogP contribution in [0, 0.1) is 0 Å². The molecule has 0 aliphatic rings. The normalized spacial score (nSPS) is 11.5. The summed E-state index contributed by atoms with van der Waals surface area (Å²) in [5.41, 5.74) is 0. The second-order valence-electron chi connectivity index (χ2n) is 6.64. The monoisotopic (exact) mass is 480 g/mol. The maximum absolute atomic E-state index is 11.6. The number of ether oxygens (including phenoxy) is 2. The summed E-state index contributed by atoms with van der Waals surface area (Å²) in [5, 5.41) is 9.69. The molecular formula is C20H40O5Sn. The Hall–Kier alpha value is -0.301. The molecule has 0 aliphatic heterocycles. The molecule has 1 N–H and O–H groups in total. The van der Waals surface area contributed by atoms with Gasteiger partial charge in [0.15, 0.2) is 6.10 Å². The third-order valence-corrected chi connectivity index (χ3v) is 4.14. The number of unbranched alkanes of at least 4 members (excludes halogenated alkanes) is 10. The summed E-state index contributed by atoms with van der Waals surface area (Å²) in [7, 11) is 0. The van der Waals surface area contributed by atoms with Gasteiger partial charge in [-0.05, 0) is 12.8 Å². The minimum absolute atomic E-state index is 0. The van der Waals surface area contributed by atoms with Crippen LogP contribution in [0.3, 0.4) is 0 Å². The first-order valence-corrected chi connectivity index (χ1v) is 10.1. The van der Waals surface area contributed by atoms with Crippen LogP contribution in [-0.4, -0.2) is 60.3 Å². The van der Waals surface area contributed by atoms with Gasteiger partial charge in [0.25, 0.3) is 0 Å². The Morgan fingerprint density at radius 1 is 0.731 bits per heavy atom. The zero-order chi connectivity index (χ0) is 18.8. The molecule has 5 nitrogen and oxygen atoms in total. The van der Waals surface area contributed by atoms with Crippen molar-refractivity contribution in [2.24, 2.45) is 0 Å². The van der Waals surface area contributed by atoms with E-state index < -0.39 is 18.0 Å². The van der Waals surface area contributed by atoms with Gasteiger partial charge in [-0.25, -0.2) is 4.79 Å². The van der Waals surface area contributed by atoms with Crippen LogP contribution < -0.4 is 0 Å². The van der Waals surface area contributed by atoms with Gasteiger partial charge in [0, 0.05) is 0 Å². The first-order chi connectivity index (χ1) is 12.1. The molecule has 0 saturated carbocycles. The molecule has 0 spiro atoms. The number of hydrogen-bond donors (Lipinski definition) is 1. The predicted octanol–water partition coefficient (Wildman–Crippen LogP) is 3.63. The molecule has 0 heterocycles. The minimum atomic E-state index is -1.42. The summed E-state index contributed by atoms with van der Waals surface area (Å²) >= 11 is 0. The summed E-state index contributed by atoms with van der Waals surface area (Å²) in [6.45, 7) is 4.99. The van der Waals surface area contributed by atoms with E-state index in [0.29, 0.717) is 13.2 Å². The first-order valence-electron chi connectivity index (χ1n) is 10.1. The van der Waals surface area contributed by atoms with E-state index >= 15 is 0 Å². The van der Waals surface area contributed by atoms with Crippen molar-refractivity contribution in [3.63, 3.8) is 0 Å². The predicted molar refractivity (Wildman–Crippen MR) is 108 cm³/mol. The topological polar surface area (TPSA) is 72.8 Å². The molecule has 154 valence electrons. The van der Waals surface area contributed by atoms with E-state index in [1.165, 1.54) is 38.5 Å². The first kappa shape index (κ1) is 27.9. The number of carbonyl (C=O) groups is 2. The van der Waals surface area contributed by atoms with Crippen molar-refractivity contribution in [3.8, 4) is 0 Å².